The average molecular weight is 525 g/mol. The molecular formula is C20H15Cl5N2O2S. The Labute approximate surface area is 202 Å². The van der Waals surface area contributed by atoms with Gasteiger partial charge in [-0.05, 0) is 42.0 Å². The third-order valence-electron chi connectivity index (χ3n) is 5.03. The molecule has 0 spiro atoms. The minimum atomic E-state index is -1.29. The summed E-state index contributed by atoms with van der Waals surface area (Å²) in [4.78, 5) is 25.3. The molecule has 4 rings (SSSR count). The number of amides is 2. The van der Waals surface area contributed by atoms with E-state index in [0.717, 1.165) is 11.5 Å². The fraction of sp³-hybridized carbons (Fsp3) is 0.300. The largest absolute Gasteiger partial charge is 0.348 e. The first-order valence-electron chi connectivity index (χ1n) is 8.99. The SMILES string of the molecule is O=C(NC1CSC1)c1cc(NC(=O)[C@H]2[C@H](c3cc(Cl)cc(Cl)c3)C2(Cl)Cl)ccc1Cl. The zero-order chi connectivity index (χ0) is 21.6. The van der Waals surface area contributed by atoms with Crippen LogP contribution < -0.4 is 10.6 Å². The van der Waals surface area contributed by atoms with Crippen LogP contribution in [0.5, 0.6) is 0 Å². The van der Waals surface area contributed by atoms with Crippen LogP contribution in [0.4, 0.5) is 5.69 Å². The van der Waals surface area contributed by atoms with Crippen molar-refractivity contribution in [1.82, 2.24) is 5.32 Å². The molecule has 2 aromatic rings. The Morgan fingerprint density at radius 3 is 2.27 bits per heavy atom. The monoisotopic (exact) mass is 522 g/mol. The Hall–Kier alpha value is -0.820. The first-order valence-corrected chi connectivity index (χ1v) is 12.0. The smallest absolute Gasteiger partial charge is 0.253 e. The van der Waals surface area contributed by atoms with Crippen molar-refractivity contribution in [2.45, 2.75) is 16.3 Å². The van der Waals surface area contributed by atoms with Crippen molar-refractivity contribution in [2.75, 3.05) is 16.8 Å². The lowest BCUT2D eigenvalue weighted by atomic mass is 10.1. The summed E-state index contributed by atoms with van der Waals surface area (Å²) in [7, 11) is 0. The van der Waals surface area contributed by atoms with Gasteiger partial charge in [0.15, 0.2) is 0 Å². The molecule has 0 bridgehead atoms. The first-order chi connectivity index (χ1) is 14.2. The first kappa shape index (κ1) is 22.4. The van der Waals surface area contributed by atoms with E-state index in [1.807, 2.05) is 0 Å². The van der Waals surface area contributed by atoms with Crippen molar-refractivity contribution in [2.24, 2.45) is 5.92 Å². The summed E-state index contributed by atoms with van der Waals surface area (Å²) in [5, 5.41) is 6.87. The molecule has 0 unspecified atom stereocenters. The highest BCUT2D eigenvalue weighted by Gasteiger charge is 2.67. The summed E-state index contributed by atoms with van der Waals surface area (Å²) in [5.74, 6) is -0.0413. The molecular weight excluding hydrogens is 510 g/mol. The number of nitrogens with one attached hydrogen (secondary N) is 2. The van der Waals surface area contributed by atoms with E-state index in [-0.39, 0.29) is 17.9 Å². The van der Waals surface area contributed by atoms with E-state index in [9.17, 15) is 9.59 Å². The van der Waals surface area contributed by atoms with Crippen molar-refractivity contribution in [3.05, 3.63) is 62.6 Å². The van der Waals surface area contributed by atoms with Crippen molar-refractivity contribution in [3.8, 4) is 0 Å². The fourth-order valence-electron chi connectivity index (χ4n) is 3.40. The third-order valence-corrected chi connectivity index (χ3v) is 8.01. The van der Waals surface area contributed by atoms with E-state index in [1.54, 1.807) is 48.2 Å². The van der Waals surface area contributed by atoms with Gasteiger partial charge in [0.05, 0.1) is 16.5 Å². The molecule has 4 nitrogen and oxygen atoms in total. The Morgan fingerprint density at radius 1 is 1.00 bits per heavy atom. The van der Waals surface area contributed by atoms with Crippen LogP contribution in [0.3, 0.4) is 0 Å². The van der Waals surface area contributed by atoms with E-state index >= 15 is 0 Å². The number of alkyl halides is 2. The second-order valence-electron chi connectivity index (χ2n) is 7.22. The molecule has 2 fully saturated rings. The number of anilines is 1. The number of carbonyl (C=O) groups excluding carboxylic acids is 2. The summed E-state index contributed by atoms with van der Waals surface area (Å²) in [6.45, 7) is 0. The molecule has 10 heteroatoms. The summed E-state index contributed by atoms with van der Waals surface area (Å²) in [5.41, 5.74) is 1.41. The normalized spacial score (nSPS) is 22.2. The zero-order valence-electron chi connectivity index (χ0n) is 15.2. The van der Waals surface area contributed by atoms with E-state index in [2.05, 4.69) is 10.6 Å². The highest BCUT2D eigenvalue weighted by Crippen LogP contribution is 2.65. The quantitative estimate of drug-likeness (QED) is 0.471. The van der Waals surface area contributed by atoms with Gasteiger partial charge in [-0.3, -0.25) is 9.59 Å². The van der Waals surface area contributed by atoms with Gasteiger partial charge >= 0.3 is 0 Å². The number of hydrogen-bond acceptors (Lipinski definition) is 3. The molecule has 1 aliphatic heterocycles. The summed E-state index contributed by atoms with van der Waals surface area (Å²) < 4.78 is -1.29. The Morgan fingerprint density at radius 2 is 1.67 bits per heavy atom. The second-order valence-corrected chi connectivity index (χ2v) is 11.0. The molecule has 1 saturated carbocycles. The van der Waals surface area contributed by atoms with Gasteiger partial charge in [0.2, 0.25) is 5.91 Å². The van der Waals surface area contributed by atoms with Crippen molar-refractivity contribution < 1.29 is 9.59 Å². The summed E-state index contributed by atoms with van der Waals surface area (Å²) in [6, 6.07) is 9.84. The van der Waals surface area contributed by atoms with Crippen LogP contribution in [0.1, 0.15) is 21.8 Å². The van der Waals surface area contributed by atoms with Gasteiger partial charge in [-0.25, -0.2) is 0 Å². The van der Waals surface area contributed by atoms with Crippen molar-refractivity contribution >= 4 is 87.3 Å². The van der Waals surface area contributed by atoms with Crippen LogP contribution in [0.15, 0.2) is 36.4 Å². The topological polar surface area (TPSA) is 58.2 Å². The number of rotatable bonds is 5. The number of halogens is 5. The number of thioether (sulfide) groups is 1. The van der Waals surface area contributed by atoms with Crippen LogP contribution in [0, 0.1) is 5.92 Å². The molecule has 2 N–H and O–H groups in total. The highest BCUT2D eigenvalue weighted by molar-refractivity contribution is 8.00. The van der Waals surface area contributed by atoms with Crippen LogP contribution >= 0.6 is 69.8 Å². The molecule has 1 saturated heterocycles. The molecule has 158 valence electrons. The van der Waals surface area contributed by atoms with Gasteiger partial charge in [0.25, 0.3) is 5.91 Å². The van der Waals surface area contributed by atoms with E-state index in [4.69, 9.17) is 58.0 Å². The molecule has 2 atom stereocenters. The van der Waals surface area contributed by atoms with Gasteiger partial charge in [0, 0.05) is 39.2 Å². The number of hydrogen-bond donors (Lipinski definition) is 2. The lowest BCUT2D eigenvalue weighted by Gasteiger charge is -2.26. The molecule has 30 heavy (non-hydrogen) atoms. The molecule has 2 aliphatic rings. The maximum absolute atomic E-state index is 12.9. The van der Waals surface area contributed by atoms with Crippen LogP contribution in [-0.4, -0.2) is 33.7 Å². The maximum Gasteiger partial charge on any atom is 0.253 e. The highest BCUT2D eigenvalue weighted by atomic mass is 35.5. The molecule has 1 aliphatic carbocycles. The average Bonchev–Trinajstić information content (AvgIpc) is 3.21. The molecule has 0 aromatic heterocycles. The van der Waals surface area contributed by atoms with Crippen LogP contribution in [-0.2, 0) is 4.79 Å². The zero-order valence-corrected chi connectivity index (χ0v) is 19.8. The predicted molar refractivity (Wildman–Crippen MR) is 126 cm³/mol. The number of benzene rings is 2. The second kappa shape index (κ2) is 8.61. The molecule has 2 aromatic carbocycles. The van der Waals surface area contributed by atoms with Gasteiger partial charge in [0.1, 0.15) is 4.33 Å². The van der Waals surface area contributed by atoms with Gasteiger partial charge in [-0.15, -0.1) is 23.2 Å². The van der Waals surface area contributed by atoms with Crippen LogP contribution in [0.25, 0.3) is 0 Å². The standard InChI is InChI=1S/C20H15Cl5N2O2S/c21-10-3-9(4-11(22)5-10)16-17(20(16,24)25)19(29)26-12-1-2-15(23)14(6-12)18(28)27-13-7-30-8-13/h1-6,13,16-17H,7-8H2,(H,26,29)(H,27,28)/t16-,17+/m0/s1. The van der Waals surface area contributed by atoms with Crippen LogP contribution in [0.2, 0.25) is 15.1 Å². The molecule has 2 amide bonds. The van der Waals surface area contributed by atoms with E-state index in [0.29, 0.717) is 31.9 Å². The lowest BCUT2D eigenvalue weighted by molar-refractivity contribution is -0.117. The minimum absolute atomic E-state index is 0.140. The Bertz CT molecular complexity index is 1010. The van der Waals surface area contributed by atoms with Crippen molar-refractivity contribution in [3.63, 3.8) is 0 Å². The third kappa shape index (κ3) is 4.52. The Balaban J connectivity index is 1.49. The lowest BCUT2D eigenvalue weighted by Crippen LogP contribution is -2.43. The van der Waals surface area contributed by atoms with Gasteiger partial charge < -0.3 is 10.6 Å². The maximum atomic E-state index is 12.9. The van der Waals surface area contributed by atoms with E-state index in [1.165, 1.54) is 0 Å². The van der Waals surface area contributed by atoms with Crippen molar-refractivity contribution in [1.29, 1.82) is 0 Å². The fourth-order valence-corrected chi connectivity index (χ4v) is 5.61. The minimum Gasteiger partial charge on any atom is -0.348 e. The van der Waals surface area contributed by atoms with Gasteiger partial charge in [-0.1, -0.05) is 34.8 Å². The molecule has 0 radical (unpaired) electrons. The summed E-state index contributed by atoms with van der Waals surface area (Å²) in [6.07, 6.45) is 0. The Kier molecular flexibility index (Phi) is 6.42. The summed E-state index contributed by atoms with van der Waals surface area (Å²) >= 11 is 32.8. The van der Waals surface area contributed by atoms with E-state index < -0.39 is 16.2 Å². The number of carbonyl (C=O) groups is 2. The van der Waals surface area contributed by atoms with Gasteiger partial charge in [-0.2, -0.15) is 11.8 Å². The molecule has 1 heterocycles. The predicted octanol–water partition coefficient (Wildman–Crippen LogP) is 6.02.